The number of aliphatic hydroxyl groups is 1. The van der Waals surface area contributed by atoms with Crippen molar-refractivity contribution >= 4 is 56.1 Å². The third-order valence-corrected chi connectivity index (χ3v) is 9.36. The number of benzene rings is 2. The summed E-state index contributed by atoms with van der Waals surface area (Å²) in [6.07, 6.45) is 5.59. The molecule has 1 fully saturated rings. The molecule has 0 spiro atoms. The zero-order chi connectivity index (χ0) is 27.2. The molecular weight excluding hydrogens is 542 g/mol. The number of carbonyl (C=O) groups excluding carboxylic acids is 3. The van der Waals surface area contributed by atoms with Gasteiger partial charge in [-0.25, -0.2) is 4.79 Å². The van der Waals surface area contributed by atoms with E-state index in [9.17, 15) is 19.5 Å². The van der Waals surface area contributed by atoms with E-state index in [2.05, 4.69) is 15.0 Å². The average molecular weight is 577 g/mol. The van der Waals surface area contributed by atoms with Gasteiger partial charge in [-0.3, -0.25) is 14.3 Å². The normalized spacial score (nSPS) is 14.5. The summed E-state index contributed by atoms with van der Waals surface area (Å²) in [4.78, 5) is 40.8. The number of para-hydroxylation sites is 1. The van der Waals surface area contributed by atoms with Gasteiger partial charge < -0.3 is 20.1 Å². The zero-order valence-electron chi connectivity index (χ0n) is 21.3. The van der Waals surface area contributed by atoms with Gasteiger partial charge in [-0.1, -0.05) is 74.0 Å². The van der Waals surface area contributed by atoms with Crippen molar-refractivity contribution in [3.8, 4) is 0 Å². The summed E-state index contributed by atoms with van der Waals surface area (Å²) in [5, 5.41) is 12.7. The van der Waals surface area contributed by atoms with E-state index in [-0.39, 0.29) is 31.1 Å². The molecule has 1 aliphatic carbocycles. The summed E-state index contributed by atoms with van der Waals surface area (Å²) in [6.45, 7) is 0.0646. The van der Waals surface area contributed by atoms with Crippen molar-refractivity contribution in [2.24, 2.45) is 5.92 Å². The van der Waals surface area contributed by atoms with Crippen LogP contribution in [0.2, 0.25) is 11.1 Å². The van der Waals surface area contributed by atoms with Gasteiger partial charge in [0.15, 0.2) is 8.96 Å². The van der Waals surface area contributed by atoms with Crippen molar-refractivity contribution in [2.45, 2.75) is 62.8 Å². The molecule has 4 N–H and O–H groups in total. The van der Waals surface area contributed by atoms with Crippen LogP contribution in [0.4, 0.5) is 10.5 Å². The Morgan fingerprint density at radius 1 is 1.08 bits per heavy atom. The van der Waals surface area contributed by atoms with Gasteiger partial charge in [-0.05, 0) is 60.2 Å². The van der Waals surface area contributed by atoms with Crippen LogP contribution in [-0.2, 0) is 20.9 Å². The lowest BCUT2D eigenvalue weighted by Crippen LogP contribution is -2.47. The molecule has 0 aromatic heterocycles. The van der Waals surface area contributed by atoms with Gasteiger partial charge in [0.1, 0.15) is 11.9 Å². The number of carbonyl (C=O) groups is 3. The van der Waals surface area contributed by atoms with Crippen molar-refractivity contribution in [2.75, 3.05) is 11.5 Å². The molecule has 3 rings (SSSR count). The van der Waals surface area contributed by atoms with Crippen LogP contribution in [0.5, 0.6) is 0 Å². The Balaban J connectivity index is 1.50. The smallest absolute Gasteiger partial charge is 0.417 e. The molecule has 2 aromatic rings. The highest BCUT2D eigenvalue weighted by Gasteiger charge is 2.28. The van der Waals surface area contributed by atoms with Gasteiger partial charge in [-0.2, -0.15) is 0 Å². The Kier molecular flexibility index (Phi) is 13.0. The number of aliphatic hydroxyl groups excluding tert-OH is 1. The highest BCUT2D eigenvalue weighted by Crippen LogP contribution is 2.30. The number of nitrogens with one attached hydrogen (secondary N) is 3. The Hall–Kier alpha value is -2.53. The van der Waals surface area contributed by atoms with E-state index >= 15 is 0 Å². The van der Waals surface area contributed by atoms with E-state index in [1.807, 2.05) is 24.3 Å². The molecule has 0 bridgehead atoms. The first-order chi connectivity index (χ1) is 18.4. The molecule has 1 aliphatic rings. The van der Waals surface area contributed by atoms with Crippen LogP contribution in [0.15, 0.2) is 54.6 Å². The van der Waals surface area contributed by atoms with Crippen molar-refractivity contribution in [1.82, 2.24) is 9.70 Å². The largest absolute Gasteiger partial charge is 0.444 e. The Bertz CT molecular complexity index is 1040. The molecule has 1 saturated carbocycles. The van der Waals surface area contributed by atoms with Gasteiger partial charge in [0.05, 0.1) is 6.23 Å². The van der Waals surface area contributed by atoms with Crippen molar-refractivity contribution < 1.29 is 24.2 Å². The SMILES string of the molecule is O=C(CC[Si](CO)NC(=O)[C@H](CC1CCCCC1)SNC(=O)OCc1cccc(Cl)c1)Nc1ccccc1. The van der Waals surface area contributed by atoms with Gasteiger partial charge >= 0.3 is 6.09 Å². The van der Waals surface area contributed by atoms with E-state index in [4.69, 9.17) is 16.3 Å². The zero-order valence-corrected chi connectivity index (χ0v) is 23.9. The molecule has 0 aliphatic heterocycles. The van der Waals surface area contributed by atoms with E-state index < -0.39 is 20.3 Å². The second-order valence-electron chi connectivity index (χ2n) is 9.32. The first-order valence-corrected chi connectivity index (χ1v) is 16.0. The fraction of sp³-hybridized carbons (Fsp3) is 0.444. The van der Waals surface area contributed by atoms with Crippen LogP contribution in [-0.4, -0.2) is 43.5 Å². The first-order valence-electron chi connectivity index (χ1n) is 12.9. The monoisotopic (exact) mass is 576 g/mol. The van der Waals surface area contributed by atoms with Crippen LogP contribution in [0.25, 0.3) is 0 Å². The maximum atomic E-state index is 13.2. The van der Waals surface area contributed by atoms with Crippen LogP contribution in [0, 0.1) is 5.92 Å². The van der Waals surface area contributed by atoms with Crippen LogP contribution >= 0.6 is 23.5 Å². The van der Waals surface area contributed by atoms with Crippen molar-refractivity contribution in [3.63, 3.8) is 0 Å². The molecule has 1 atom stereocenters. The minimum absolute atomic E-state index is 0.0646. The minimum atomic E-state index is -1.72. The Labute approximate surface area is 235 Å². The second-order valence-corrected chi connectivity index (χ2v) is 13.0. The lowest BCUT2D eigenvalue weighted by Gasteiger charge is -2.26. The van der Waals surface area contributed by atoms with Crippen LogP contribution in [0.3, 0.4) is 0 Å². The number of hydrogen-bond acceptors (Lipinski definition) is 6. The minimum Gasteiger partial charge on any atom is -0.444 e. The lowest BCUT2D eigenvalue weighted by atomic mass is 9.86. The summed E-state index contributed by atoms with van der Waals surface area (Å²) in [5.74, 6) is -0.00139. The Morgan fingerprint density at radius 3 is 2.55 bits per heavy atom. The van der Waals surface area contributed by atoms with Crippen LogP contribution in [0.1, 0.15) is 50.5 Å². The predicted octanol–water partition coefficient (Wildman–Crippen LogP) is 5.22. The number of amides is 3. The number of halogens is 1. The fourth-order valence-corrected chi connectivity index (χ4v) is 6.87. The van der Waals surface area contributed by atoms with Gasteiger partial charge in [-0.15, -0.1) is 0 Å². The molecule has 0 unspecified atom stereocenters. The van der Waals surface area contributed by atoms with E-state index in [1.165, 1.54) is 6.42 Å². The van der Waals surface area contributed by atoms with Gasteiger partial charge in [0.25, 0.3) is 0 Å². The highest BCUT2D eigenvalue weighted by molar-refractivity contribution is 7.99. The maximum absolute atomic E-state index is 13.2. The Morgan fingerprint density at radius 2 is 1.84 bits per heavy atom. The van der Waals surface area contributed by atoms with E-state index in [1.54, 1.807) is 30.3 Å². The molecular formula is C27H35ClN3O5SSi. The van der Waals surface area contributed by atoms with Crippen molar-refractivity contribution in [1.29, 1.82) is 0 Å². The second kappa shape index (κ2) is 16.4. The molecule has 11 heteroatoms. The lowest BCUT2D eigenvalue weighted by molar-refractivity contribution is -0.119. The number of anilines is 1. The van der Waals surface area contributed by atoms with Gasteiger partial charge in [0, 0.05) is 17.1 Å². The number of ether oxygens (including phenoxy) is 1. The average Bonchev–Trinajstić information content (AvgIpc) is 2.93. The molecule has 205 valence electrons. The molecule has 8 nitrogen and oxygen atoms in total. The van der Waals surface area contributed by atoms with Gasteiger partial charge in [0.2, 0.25) is 11.8 Å². The third-order valence-electron chi connectivity index (χ3n) is 6.31. The first kappa shape index (κ1) is 30.0. The maximum Gasteiger partial charge on any atom is 0.417 e. The van der Waals surface area contributed by atoms with E-state index in [0.717, 1.165) is 43.2 Å². The summed E-state index contributed by atoms with van der Waals surface area (Å²) in [6, 6.07) is 16.6. The molecule has 3 amide bonds. The molecule has 0 saturated heterocycles. The van der Waals surface area contributed by atoms with E-state index in [0.29, 0.717) is 29.1 Å². The molecule has 1 radical (unpaired) electrons. The molecule has 38 heavy (non-hydrogen) atoms. The number of hydrogen-bond donors (Lipinski definition) is 4. The quantitative estimate of drug-likeness (QED) is 0.192. The summed E-state index contributed by atoms with van der Waals surface area (Å²) in [7, 11) is -1.72. The molecule has 0 heterocycles. The molecule has 2 aromatic carbocycles. The predicted molar refractivity (Wildman–Crippen MR) is 153 cm³/mol. The van der Waals surface area contributed by atoms with Crippen molar-refractivity contribution in [3.05, 3.63) is 65.2 Å². The summed E-state index contributed by atoms with van der Waals surface area (Å²) < 4.78 is 7.93. The summed E-state index contributed by atoms with van der Waals surface area (Å²) in [5.41, 5.74) is 1.47. The summed E-state index contributed by atoms with van der Waals surface area (Å²) >= 11 is 7.02. The highest BCUT2D eigenvalue weighted by atomic mass is 35.5. The number of rotatable bonds is 13. The third kappa shape index (κ3) is 11.1. The standard InChI is InChI=1S/C27H35ClN3O5SSi/c28-22-11-7-10-21(16-22)18-36-27(35)30-37-24(17-20-8-3-1-4-9-20)26(34)31-38(19-32)15-14-25(33)29-23-12-5-2-6-13-23/h2,5-7,10-13,16,20,24,32H,1,3-4,8-9,14-15,17-19H2,(H,29,33)(H,30,35)(H,31,34)/t24-/m0/s1. The fourth-order valence-electron chi connectivity index (χ4n) is 4.30. The topological polar surface area (TPSA) is 117 Å². The van der Waals surface area contributed by atoms with Crippen LogP contribution < -0.4 is 15.0 Å².